The first-order valence-corrected chi connectivity index (χ1v) is 10.2. The summed E-state index contributed by atoms with van der Waals surface area (Å²) in [4.78, 5) is 15.7. The summed E-state index contributed by atoms with van der Waals surface area (Å²) in [6.07, 6.45) is 0. The van der Waals surface area contributed by atoms with Gasteiger partial charge >= 0.3 is 0 Å². The molecule has 30 heavy (non-hydrogen) atoms. The van der Waals surface area contributed by atoms with Crippen molar-refractivity contribution in [2.45, 2.75) is 20.0 Å². The molecule has 0 aliphatic carbocycles. The van der Waals surface area contributed by atoms with Crippen LogP contribution >= 0.6 is 0 Å². The number of hydrogen-bond donors (Lipinski definition) is 0. The van der Waals surface area contributed by atoms with Gasteiger partial charge in [0.2, 0.25) is 0 Å². The third-order valence-corrected chi connectivity index (χ3v) is 5.31. The molecule has 0 N–H and O–H groups in total. The molecule has 0 spiro atoms. The summed E-state index contributed by atoms with van der Waals surface area (Å²) in [5.41, 5.74) is 6.21. The Morgan fingerprint density at radius 2 is 1.07 bits per heavy atom. The molecule has 4 rings (SSSR count). The van der Waals surface area contributed by atoms with Crippen molar-refractivity contribution in [1.29, 1.82) is 0 Å². The summed E-state index contributed by atoms with van der Waals surface area (Å²) in [6.45, 7) is 3.22. The van der Waals surface area contributed by atoms with E-state index in [1.54, 1.807) is 0 Å². The standard InChI is InChI=1S/C28H25NO/c1-22-12-8-9-17-25(22)26-18-10-11-19-27(26)28(30)29(20-23-13-4-2-5-14-23)21-24-15-6-3-7-16-24/h2-19H,20-21H2,1H3. The summed E-state index contributed by atoms with van der Waals surface area (Å²) in [6, 6.07) is 36.5. The van der Waals surface area contributed by atoms with E-state index in [-0.39, 0.29) is 5.91 Å². The van der Waals surface area contributed by atoms with Crippen LogP contribution < -0.4 is 0 Å². The average Bonchev–Trinajstić information content (AvgIpc) is 2.80. The molecular formula is C28H25NO. The van der Waals surface area contributed by atoms with Crippen LogP contribution in [-0.4, -0.2) is 10.8 Å². The van der Waals surface area contributed by atoms with Gasteiger partial charge in [0.15, 0.2) is 0 Å². The van der Waals surface area contributed by atoms with Gasteiger partial charge in [-0.15, -0.1) is 0 Å². The van der Waals surface area contributed by atoms with Gasteiger partial charge in [-0.25, -0.2) is 0 Å². The molecule has 0 saturated carbocycles. The maximum absolute atomic E-state index is 13.8. The zero-order chi connectivity index (χ0) is 20.8. The quantitative estimate of drug-likeness (QED) is 0.367. The van der Waals surface area contributed by atoms with Crippen LogP contribution in [-0.2, 0) is 13.1 Å². The van der Waals surface area contributed by atoms with Crippen molar-refractivity contribution >= 4 is 5.91 Å². The van der Waals surface area contributed by atoms with E-state index in [1.165, 1.54) is 0 Å². The fourth-order valence-corrected chi connectivity index (χ4v) is 3.76. The minimum Gasteiger partial charge on any atom is -0.330 e. The Bertz CT molecular complexity index is 1080. The van der Waals surface area contributed by atoms with Gasteiger partial charge < -0.3 is 4.90 Å². The predicted octanol–water partition coefficient (Wildman–Crippen LogP) is 6.50. The monoisotopic (exact) mass is 391 g/mol. The van der Waals surface area contributed by atoms with Crippen LogP contribution in [0, 0.1) is 6.92 Å². The van der Waals surface area contributed by atoms with Gasteiger partial charge in [-0.05, 0) is 40.8 Å². The van der Waals surface area contributed by atoms with E-state index in [0.29, 0.717) is 13.1 Å². The van der Waals surface area contributed by atoms with E-state index in [2.05, 4.69) is 43.3 Å². The summed E-state index contributed by atoms with van der Waals surface area (Å²) in [5, 5.41) is 0. The molecule has 0 fully saturated rings. The van der Waals surface area contributed by atoms with Gasteiger partial charge in [0.05, 0.1) is 0 Å². The van der Waals surface area contributed by atoms with Crippen LogP contribution in [0.5, 0.6) is 0 Å². The Morgan fingerprint density at radius 1 is 0.600 bits per heavy atom. The first-order valence-electron chi connectivity index (χ1n) is 10.2. The number of carbonyl (C=O) groups excluding carboxylic acids is 1. The zero-order valence-corrected chi connectivity index (χ0v) is 17.2. The van der Waals surface area contributed by atoms with Crippen LogP contribution in [0.2, 0.25) is 0 Å². The molecule has 2 heteroatoms. The molecule has 0 aliphatic rings. The first kappa shape index (κ1) is 19.7. The third kappa shape index (κ3) is 4.49. The number of carbonyl (C=O) groups is 1. The molecule has 0 unspecified atom stereocenters. The molecule has 148 valence electrons. The lowest BCUT2D eigenvalue weighted by Gasteiger charge is -2.25. The van der Waals surface area contributed by atoms with Crippen molar-refractivity contribution in [1.82, 2.24) is 4.90 Å². The van der Waals surface area contributed by atoms with Gasteiger partial charge in [0, 0.05) is 18.7 Å². The summed E-state index contributed by atoms with van der Waals surface area (Å²) < 4.78 is 0. The van der Waals surface area contributed by atoms with Crippen LogP contribution in [0.4, 0.5) is 0 Å². The van der Waals surface area contributed by atoms with Crippen molar-refractivity contribution in [2.75, 3.05) is 0 Å². The molecule has 1 amide bonds. The van der Waals surface area contributed by atoms with Crippen LogP contribution in [0.1, 0.15) is 27.0 Å². The second kappa shape index (κ2) is 9.23. The van der Waals surface area contributed by atoms with E-state index in [0.717, 1.165) is 33.4 Å². The van der Waals surface area contributed by atoms with E-state index in [1.807, 2.05) is 77.7 Å². The van der Waals surface area contributed by atoms with Gasteiger partial charge in [0.1, 0.15) is 0 Å². The Balaban J connectivity index is 1.72. The number of aryl methyl sites for hydroxylation is 1. The molecule has 0 radical (unpaired) electrons. The van der Waals surface area contributed by atoms with Gasteiger partial charge in [-0.3, -0.25) is 4.79 Å². The first-order chi connectivity index (χ1) is 14.7. The number of amides is 1. The van der Waals surface area contributed by atoms with Crippen molar-refractivity contribution in [3.05, 3.63) is 131 Å². The summed E-state index contributed by atoms with van der Waals surface area (Å²) in [7, 11) is 0. The van der Waals surface area contributed by atoms with Gasteiger partial charge in [0.25, 0.3) is 5.91 Å². The number of hydrogen-bond acceptors (Lipinski definition) is 1. The van der Waals surface area contributed by atoms with Gasteiger partial charge in [-0.1, -0.05) is 103 Å². The van der Waals surface area contributed by atoms with Crippen molar-refractivity contribution < 1.29 is 4.79 Å². The number of benzene rings is 4. The second-order valence-corrected chi connectivity index (χ2v) is 7.49. The highest BCUT2D eigenvalue weighted by Crippen LogP contribution is 2.28. The largest absolute Gasteiger partial charge is 0.330 e. The number of nitrogens with zero attached hydrogens (tertiary/aromatic N) is 1. The molecule has 0 heterocycles. The molecule has 0 atom stereocenters. The summed E-state index contributed by atoms with van der Waals surface area (Å²) in [5.74, 6) is 0.0431. The highest BCUT2D eigenvalue weighted by atomic mass is 16.2. The maximum Gasteiger partial charge on any atom is 0.255 e. The predicted molar refractivity (Wildman–Crippen MR) is 123 cm³/mol. The van der Waals surface area contributed by atoms with Crippen LogP contribution in [0.15, 0.2) is 109 Å². The minimum absolute atomic E-state index is 0.0431. The van der Waals surface area contributed by atoms with Crippen LogP contribution in [0.25, 0.3) is 11.1 Å². The highest BCUT2D eigenvalue weighted by Gasteiger charge is 2.20. The molecule has 0 aromatic heterocycles. The topological polar surface area (TPSA) is 20.3 Å². The maximum atomic E-state index is 13.8. The van der Waals surface area contributed by atoms with Crippen molar-refractivity contribution in [3.8, 4) is 11.1 Å². The smallest absolute Gasteiger partial charge is 0.255 e. The number of rotatable bonds is 6. The lowest BCUT2D eigenvalue weighted by molar-refractivity contribution is 0.0731. The fourth-order valence-electron chi connectivity index (χ4n) is 3.76. The normalized spacial score (nSPS) is 10.6. The fraction of sp³-hybridized carbons (Fsp3) is 0.107. The molecule has 0 saturated heterocycles. The van der Waals surface area contributed by atoms with Crippen molar-refractivity contribution in [2.24, 2.45) is 0 Å². The van der Waals surface area contributed by atoms with Crippen LogP contribution in [0.3, 0.4) is 0 Å². The Kier molecular flexibility index (Phi) is 6.05. The molecule has 4 aromatic carbocycles. The lowest BCUT2D eigenvalue weighted by Crippen LogP contribution is -2.30. The molecule has 2 nitrogen and oxygen atoms in total. The van der Waals surface area contributed by atoms with E-state index >= 15 is 0 Å². The molecular weight excluding hydrogens is 366 g/mol. The second-order valence-electron chi connectivity index (χ2n) is 7.49. The molecule has 0 bridgehead atoms. The lowest BCUT2D eigenvalue weighted by atomic mass is 9.95. The van der Waals surface area contributed by atoms with Gasteiger partial charge in [-0.2, -0.15) is 0 Å². The Labute approximate surface area is 178 Å². The zero-order valence-electron chi connectivity index (χ0n) is 17.2. The Morgan fingerprint density at radius 3 is 1.63 bits per heavy atom. The molecule has 4 aromatic rings. The summed E-state index contributed by atoms with van der Waals surface area (Å²) >= 11 is 0. The third-order valence-electron chi connectivity index (χ3n) is 5.31. The van der Waals surface area contributed by atoms with E-state index < -0.39 is 0 Å². The highest BCUT2D eigenvalue weighted by molar-refractivity contribution is 6.01. The average molecular weight is 392 g/mol. The van der Waals surface area contributed by atoms with E-state index in [4.69, 9.17) is 0 Å². The SMILES string of the molecule is Cc1ccccc1-c1ccccc1C(=O)N(Cc1ccccc1)Cc1ccccc1. The van der Waals surface area contributed by atoms with Crippen molar-refractivity contribution in [3.63, 3.8) is 0 Å². The Hall–Kier alpha value is -3.65. The van der Waals surface area contributed by atoms with E-state index in [9.17, 15) is 4.79 Å². The molecule has 0 aliphatic heterocycles. The minimum atomic E-state index is 0.0431.